The molecule has 0 radical (unpaired) electrons. The quantitative estimate of drug-likeness (QED) is 0.934. The molecule has 2 heterocycles. The summed E-state index contributed by atoms with van der Waals surface area (Å²) in [6, 6.07) is 4.90. The lowest BCUT2D eigenvalue weighted by Crippen LogP contribution is -2.43. The first kappa shape index (κ1) is 12.6. The van der Waals surface area contributed by atoms with E-state index in [4.69, 9.17) is 16.1 Å². The van der Waals surface area contributed by atoms with E-state index in [1.807, 2.05) is 0 Å². The number of rotatable bonds is 4. The third-order valence-electron chi connectivity index (χ3n) is 3.22. The number of aromatic nitrogens is 2. The summed E-state index contributed by atoms with van der Waals surface area (Å²) in [6.07, 6.45) is 1.07. The molecule has 0 unspecified atom stereocenters. The van der Waals surface area contributed by atoms with Crippen LogP contribution in [0.1, 0.15) is 17.3 Å². The second-order valence-corrected chi connectivity index (χ2v) is 5.13. The molecule has 0 spiro atoms. The van der Waals surface area contributed by atoms with Gasteiger partial charge in [0, 0.05) is 12.8 Å². The molecular weight excluding hydrogens is 269 g/mol. The van der Waals surface area contributed by atoms with E-state index in [-0.39, 0.29) is 5.02 Å². The van der Waals surface area contributed by atoms with Crippen molar-refractivity contribution in [2.45, 2.75) is 12.8 Å². The fraction of sp³-hybridized carbons (Fsp3) is 0.385. The third-order valence-corrected chi connectivity index (χ3v) is 3.51. The lowest BCUT2D eigenvalue weighted by atomic mass is 10.00. The SMILES string of the molecule is Fc1c(Cl)cccc1Cc1noc(CC2CNC2)n1. The summed E-state index contributed by atoms with van der Waals surface area (Å²) in [5.74, 6) is 1.25. The summed E-state index contributed by atoms with van der Waals surface area (Å²) in [5.41, 5.74) is 0.477. The molecular formula is C13H13ClFN3O. The molecule has 3 rings (SSSR count). The van der Waals surface area contributed by atoms with E-state index in [2.05, 4.69) is 15.5 Å². The van der Waals surface area contributed by atoms with E-state index in [0.717, 1.165) is 19.5 Å². The first-order valence-electron chi connectivity index (χ1n) is 6.17. The van der Waals surface area contributed by atoms with Crippen molar-refractivity contribution in [3.63, 3.8) is 0 Å². The summed E-state index contributed by atoms with van der Waals surface area (Å²) < 4.78 is 18.9. The van der Waals surface area contributed by atoms with Crippen molar-refractivity contribution >= 4 is 11.6 Å². The molecule has 19 heavy (non-hydrogen) atoms. The maximum Gasteiger partial charge on any atom is 0.227 e. The van der Waals surface area contributed by atoms with Gasteiger partial charge in [-0.2, -0.15) is 4.98 Å². The van der Waals surface area contributed by atoms with Crippen LogP contribution in [0.4, 0.5) is 4.39 Å². The molecule has 6 heteroatoms. The molecule has 0 amide bonds. The molecule has 1 N–H and O–H groups in total. The summed E-state index contributed by atoms with van der Waals surface area (Å²) in [7, 11) is 0. The van der Waals surface area contributed by atoms with Gasteiger partial charge in [-0.15, -0.1) is 0 Å². The highest BCUT2D eigenvalue weighted by Gasteiger charge is 2.20. The number of nitrogens with zero attached hydrogens (tertiary/aromatic N) is 2. The van der Waals surface area contributed by atoms with Crippen molar-refractivity contribution in [3.8, 4) is 0 Å². The predicted molar refractivity (Wildman–Crippen MR) is 68.6 cm³/mol. The fourth-order valence-electron chi connectivity index (χ4n) is 2.04. The Kier molecular flexibility index (Phi) is 3.48. The van der Waals surface area contributed by atoms with Crippen molar-refractivity contribution in [1.29, 1.82) is 0 Å². The van der Waals surface area contributed by atoms with E-state index in [9.17, 15) is 4.39 Å². The fourth-order valence-corrected chi connectivity index (χ4v) is 2.23. The molecule has 2 aromatic rings. The van der Waals surface area contributed by atoms with Crippen LogP contribution < -0.4 is 5.32 Å². The van der Waals surface area contributed by atoms with Gasteiger partial charge < -0.3 is 9.84 Å². The van der Waals surface area contributed by atoms with Crippen LogP contribution in [0.25, 0.3) is 0 Å². The Bertz CT molecular complexity index is 583. The van der Waals surface area contributed by atoms with Crippen molar-refractivity contribution in [1.82, 2.24) is 15.5 Å². The van der Waals surface area contributed by atoms with Gasteiger partial charge in [0.15, 0.2) is 5.82 Å². The first-order chi connectivity index (χ1) is 9.22. The molecule has 0 atom stereocenters. The molecule has 0 saturated carbocycles. The minimum atomic E-state index is -0.418. The van der Waals surface area contributed by atoms with Crippen molar-refractivity contribution in [3.05, 3.63) is 46.3 Å². The van der Waals surface area contributed by atoms with Crippen LogP contribution >= 0.6 is 11.6 Å². The van der Waals surface area contributed by atoms with Crippen LogP contribution in [0.2, 0.25) is 5.02 Å². The van der Waals surface area contributed by atoms with E-state index in [0.29, 0.717) is 29.6 Å². The summed E-state index contributed by atoms with van der Waals surface area (Å²) in [4.78, 5) is 4.28. The van der Waals surface area contributed by atoms with Gasteiger partial charge in [0.2, 0.25) is 5.89 Å². The highest BCUT2D eigenvalue weighted by molar-refractivity contribution is 6.30. The third kappa shape index (κ3) is 2.77. The van der Waals surface area contributed by atoms with Gasteiger partial charge in [0.05, 0.1) is 5.02 Å². The Balaban J connectivity index is 1.70. The summed E-state index contributed by atoms with van der Waals surface area (Å²) in [5, 5.41) is 7.18. The van der Waals surface area contributed by atoms with Gasteiger partial charge in [0.1, 0.15) is 5.82 Å². The topological polar surface area (TPSA) is 51.0 Å². The molecule has 4 nitrogen and oxygen atoms in total. The molecule has 1 aromatic heterocycles. The van der Waals surface area contributed by atoms with Gasteiger partial charge in [-0.1, -0.05) is 28.9 Å². The van der Waals surface area contributed by atoms with E-state index in [1.54, 1.807) is 12.1 Å². The van der Waals surface area contributed by atoms with E-state index < -0.39 is 5.82 Å². The zero-order valence-electron chi connectivity index (χ0n) is 10.2. The smallest absolute Gasteiger partial charge is 0.227 e. The van der Waals surface area contributed by atoms with Gasteiger partial charge in [-0.05, 0) is 30.6 Å². The van der Waals surface area contributed by atoms with Crippen LogP contribution in [0, 0.1) is 11.7 Å². The molecule has 0 bridgehead atoms. The highest BCUT2D eigenvalue weighted by atomic mass is 35.5. The molecule has 100 valence electrons. The number of nitrogens with one attached hydrogen (secondary N) is 1. The van der Waals surface area contributed by atoms with Crippen LogP contribution in [-0.2, 0) is 12.8 Å². The Hall–Kier alpha value is -1.46. The molecule has 1 aromatic carbocycles. The Morgan fingerprint density at radius 2 is 2.26 bits per heavy atom. The van der Waals surface area contributed by atoms with Gasteiger partial charge in [0.25, 0.3) is 0 Å². The number of halogens is 2. The number of hydrogen-bond donors (Lipinski definition) is 1. The predicted octanol–water partition coefficient (Wildman–Crippen LogP) is 2.21. The average molecular weight is 282 g/mol. The number of benzene rings is 1. The van der Waals surface area contributed by atoms with Crippen LogP contribution in [0.3, 0.4) is 0 Å². The molecule has 1 aliphatic heterocycles. The lowest BCUT2D eigenvalue weighted by molar-refractivity contribution is 0.295. The Morgan fingerprint density at radius 1 is 1.42 bits per heavy atom. The maximum atomic E-state index is 13.7. The summed E-state index contributed by atoms with van der Waals surface area (Å²) in [6.45, 7) is 1.97. The Morgan fingerprint density at radius 3 is 3.00 bits per heavy atom. The van der Waals surface area contributed by atoms with Crippen LogP contribution in [0.5, 0.6) is 0 Å². The van der Waals surface area contributed by atoms with Crippen LogP contribution in [0.15, 0.2) is 22.7 Å². The zero-order valence-corrected chi connectivity index (χ0v) is 11.0. The van der Waals surface area contributed by atoms with Crippen molar-refractivity contribution < 1.29 is 8.91 Å². The molecule has 1 fully saturated rings. The Labute approximate surface area is 115 Å². The average Bonchev–Trinajstić information content (AvgIpc) is 2.78. The van der Waals surface area contributed by atoms with Gasteiger partial charge in [-0.3, -0.25) is 0 Å². The van der Waals surface area contributed by atoms with Gasteiger partial charge in [-0.25, -0.2) is 4.39 Å². The lowest BCUT2D eigenvalue weighted by Gasteiger charge is -2.25. The normalized spacial score (nSPS) is 15.5. The monoisotopic (exact) mass is 281 g/mol. The van der Waals surface area contributed by atoms with Gasteiger partial charge >= 0.3 is 0 Å². The number of hydrogen-bond acceptors (Lipinski definition) is 4. The minimum absolute atomic E-state index is 0.113. The highest BCUT2D eigenvalue weighted by Crippen LogP contribution is 2.20. The standard InChI is InChI=1S/C13H13ClFN3O/c14-10-3-1-2-9(13(10)15)5-11-17-12(19-18-11)4-8-6-16-7-8/h1-3,8,16H,4-7H2. The second-order valence-electron chi connectivity index (χ2n) is 4.72. The molecule has 1 aliphatic rings. The van der Waals surface area contributed by atoms with Crippen molar-refractivity contribution in [2.24, 2.45) is 5.92 Å². The second kappa shape index (κ2) is 5.27. The zero-order chi connectivity index (χ0) is 13.2. The minimum Gasteiger partial charge on any atom is -0.339 e. The van der Waals surface area contributed by atoms with Crippen molar-refractivity contribution in [2.75, 3.05) is 13.1 Å². The van der Waals surface area contributed by atoms with Crippen LogP contribution in [-0.4, -0.2) is 23.2 Å². The molecule has 0 aliphatic carbocycles. The summed E-state index contributed by atoms with van der Waals surface area (Å²) >= 11 is 5.73. The molecule has 1 saturated heterocycles. The maximum absolute atomic E-state index is 13.7. The largest absolute Gasteiger partial charge is 0.339 e. The van der Waals surface area contributed by atoms with E-state index in [1.165, 1.54) is 6.07 Å². The van der Waals surface area contributed by atoms with E-state index >= 15 is 0 Å². The first-order valence-corrected chi connectivity index (χ1v) is 6.55.